The molecule has 140 valence electrons. The van der Waals surface area contributed by atoms with E-state index < -0.39 is 11.9 Å². The highest BCUT2D eigenvalue weighted by atomic mass is 16.5. The van der Waals surface area contributed by atoms with Gasteiger partial charge in [-0.15, -0.1) is 0 Å². The Morgan fingerprint density at radius 2 is 2.08 bits per heavy atom. The Kier molecular flexibility index (Phi) is 5.01. The van der Waals surface area contributed by atoms with Crippen LogP contribution in [-0.2, 0) is 16.0 Å². The van der Waals surface area contributed by atoms with Crippen molar-refractivity contribution in [2.45, 2.75) is 26.2 Å². The fourth-order valence-corrected chi connectivity index (χ4v) is 3.56. The van der Waals surface area contributed by atoms with Crippen LogP contribution in [0.4, 0.5) is 16.2 Å². The number of amides is 3. The molecule has 0 aromatic heterocycles. The molecular formula is C18H23N3O5. The minimum Gasteiger partial charge on any atom is -0.495 e. The van der Waals surface area contributed by atoms with Crippen LogP contribution in [0, 0.1) is 11.8 Å². The summed E-state index contributed by atoms with van der Waals surface area (Å²) < 4.78 is 5.37. The fraction of sp³-hybridized carbons (Fsp3) is 0.500. The van der Waals surface area contributed by atoms with E-state index in [0.29, 0.717) is 42.9 Å². The molecule has 0 radical (unpaired) electrons. The van der Waals surface area contributed by atoms with Gasteiger partial charge in [-0.05, 0) is 36.5 Å². The molecule has 2 aliphatic rings. The zero-order valence-electron chi connectivity index (χ0n) is 14.9. The van der Waals surface area contributed by atoms with E-state index in [9.17, 15) is 19.5 Å². The number of carboxylic acids is 1. The number of benzene rings is 1. The molecule has 3 amide bonds. The highest BCUT2D eigenvalue weighted by Crippen LogP contribution is 2.34. The van der Waals surface area contributed by atoms with Crippen molar-refractivity contribution in [1.82, 2.24) is 4.90 Å². The Labute approximate surface area is 151 Å². The van der Waals surface area contributed by atoms with Gasteiger partial charge in [-0.1, -0.05) is 6.92 Å². The molecule has 0 bridgehead atoms. The summed E-state index contributed by atoms with van der Waals surface area (Å²) in [4.78, 5) is 37.1. The first kappa shape index (κ1) is 18.0. The van der Waals surface area contributed by atoms with E-state index >= 15 is 0 Å². The van der Waals surface area contributed by atoms with Crippen molar-refractivity contribution in [3.8, 4) is 5.75 Å². The van der Waals surface area contributed by atoms with E-state index in [4.69, 9.17) is 4.74 Å². The van der Waals surface area contributed by atoms with Gasteiger partial charge in [0.2, 0.25) is 5.91 Å². The number of hydrogen-bond acceptors (Lipinski definition) is 4. The Bertz CT molecular complexity index is 749. The molecule has 0 spiro atoms. The number of anilines is 2. The summed E-state index contributed by atoms with van der Waals surface area (Å²) in [5, 5.41) is 14.9. The molecule has 2 aliphatic heterocycles. The quantitative estimate of drug-likeness (QED) is 0.764. The number of hydrogen-bond donors (Lipinski definition) is 3. The number of nitrogens with one attached hydrogen (secondary N) is 2. The third-order valence-corrected chi connectivity index (χ3v) is 4.86. The summed E-state index contributed by atoms with van der Waals surface area (Å²) in [5.74, 6) is -0.889. The largest absolute Gasteiger partial charge is 0.495 e. The van der Waals surface area contributed by atoms with Crippen molar-refractivity contribution in [3.05, 3.63) is 17.7 Å². The van der Waals surface area contributed by atoms with Crippen LogP contribution in [0.15, 0.2) is 12.1 Å². The predicted octanol–water partition coefficient (Wildman–Crippen LogP) is 2.15. The minimum absolute atomic E-state index is 0.0610. The van der Waals surface area contributed by atoms with Gasteiger partial charge in [-0.25, -0.2) is 4.79 Å². The normalized spacial score (nSPS) is 22.2. The fourth-order valence-electron chi connectivity index (χ4n) is 3.56. The molecule has 0 aliphatic carbocycles. The summed E-state index contributed by atoms with van der Waals surface area (Å²) in [6.07, 6.45) is 1.60. The van der Waals surface area contributed by atoms with E-state index in [1.165, 1.54) is 12.0 Å². The number of fused-ring (bicyclic) bond motifs is 1. The Hall–Kier alpha value is -2.77. The number of carbonyl (C=O) groups excluding carboxylic acids is 2. The topological polar surface area (TPSA) is 108 Å². The minimum atomic E-state index is -0.886. The second-order valence-electron chi connectivity index (χ2n) is 6.97. The maximum atomic E-state index is 12.7. The van der Waals surface area contributed by atoms with E-state index in [1.807, 2.05) is 13.0 Å². The van der Waals surface area contributed by atoms with E-state index in [1.54, 1.807) is 6.07 Å². The van der Waals surface area contributed by atoms with Crippen molar-refractivity contribution < 1.29 is 24.2 Å². The van der Waals surface area contributed by atoms with E-state index in [0.717, 1.165) is 5.56 Å². The van der Waals surface area contributed by atoms with Crippen molar-refractivity contribution in [1.29, 1.82) is 0 Å². The molecule has 1 saturated heterocycles. The van der Waals surface area contributed by atoms with Crippen LogP contribution in [0.1, 0.15) is 25.3 Å². The van der Waals surface area contributed by atoms with Crippen LogP contribution in [0.25, 0.3) is 0 Å². The van der Waals surface area contributed by atoms with Gasteiger partial charge in [0.15, 0.2) is 0 Å². The number of piperidine rings is 1. The van der Waals surface area contributed by atoms with Crippen molar-refractivity contribution in [3.63, 3.8) is 0 Å². The molecule has 1 fully saturated rings. The zero-order valence-corrected chi connectivity index (χ0v) is 14.9. The molecule has 26 heavy (non-hydrogen) atoms. The van der Waals surface area contributed by atoms with E-state index in [-0.39, 0.29) is 24.4 Å². The van der Waals surface area contributed by atoms with E-state index in [2.05, 4.69) is 10.6 Å². The monoisotopic (exact) mass is 361 g/mol. The molecule has 2 unspecified atom stereocenters. The Balaban J connectivity index is 1.79. The molecule has 2 heterocycles. The first-order valence-electron chi connectivity index (χ1n) is 8.67. The molecular weight excluding hydrogens is 338 g/mol. The second kappa shape index (κ2) is 7.23. The first-order valence-corrected chi connectivity index (χ1v) is 8.67. The van der Waals surface area contributed by atoms with Crippen molar-refractivity contribution in [2.24, 2.45) is 11.8 Å². The van der Waals surface area contributed by atoms with Gasteiger partial charge in [0, 0.05) is 25.2 Å². The average molecular weight is 361 g/mol. The van der Waals surface area contributed by atoms with Crippen LogP contribution < -0.4 is 15.4 Å². The molecule has 2 atom stereocenters. The lowest BCUT2D eigenvalue weighted by Gasteiger charge is -2.34. The summed E-state index contributed by atoms with van der Waals surface area (Å²) in [6.45, 7) is 2.61. The number of aliphatic carboxylic acids is 1. The lowest BCUT2D eigenvalue weighted by molar-refractivity contribution is -0.143. The number of likely N-dealkylation sites (tertiary alicyclic amines) is 1. The number of aryl methyl sites for hydroxylation is 1. The lowest BCUT2D eigenvalue weighted by atomic mass is 9.91. The maximum Gasteiger partial charge on any atom is 0.321 e. The van der Waals surface area contributed by atoms with Crippen LogP contribution >= 0.6 is 0 Å². The number of rotatable bonds is 3. The SMILES string of the molecule is COc1cc2c(cc1NC(=O)N1CC(C)CC(C(=O)O)C1)NC(=O)CC2. The van der Waals surface area contributed by atoms with Gasteiger partial charge in [-0.2, -0.15) is 0 Å². The van der Waals surface area contributed by atoms with Crippen LogP contribution in [0.3, 0.4) is 0 Å². The summed E-state index contributed by atoms with van der Waals surface area (Å²) in [5.41, 5.74) is 2.06. The summed E-state index contributed by atoms with van der Waals surface area (Å²) in [6, 6.07) is 3.12. The predicted molar refractivity (Wildman–Crippen MR) is 95.4 cm³/mol. The van der Waals surface area contributed by atoms with Gasteiger partial charge in [-0.3, -0.25) is 9.59 Å². The molecule has 3 N–H and O–H groups in total. The number of carbonyl (C=O) groups is 3. The molecule has 3 rings (SSSR count). The van der Waals surface area contributed by atoms with Gasteiger partial charge in [0.05, 0.1) is 18.7 Å². The van der Waals surface area contributed by atoms with Gasteiger partial charge >= 0.3 is 12.0 Å². The molecule has 0 saturated carbocycles. The van der Waals surface area contributed by atoms with Crippen LogP contribution in [0.2, 0.25) is 0 Å². The van der Waals surface area contributed by atoms with Gasteiger partial charge in [0.25, 0.3) is 0 Å². The van der Waals surface area contributed by atoms with Gasteiger partial charge < -0.3 is 25.4 Å². The molecule has 8 heteroatoms. The number of carboxylic acid groups (broad SMARTS) is 1. The lowest BCUT2D eigenvalue weighted by Crippen LogP contribution is -2.47. The molecule has 8 nitrogen and oxygen atoms in total. The van der Waals surface area contributed by atoms with Crippen molar-refractivity contribution >= 4 is 29.3 Å². The third-order valence-electron chi connectivity index (χ3n) is 4.86. The summed E-state index contributed by atoms with van der Waals surface area (Å²) in [7, 11) is 1.52. The standard InChI is InChI=1S/C18H23N3O5/c1-10-5-12(17(23)24)9-21(8-10)18(25)20-14-7-13-11(6-15(14)26-2)3-4-16(22)19-13/h6-7,10,12H,3-5,8-9H2,1-2H3,(H,19,22)(H,20,25)(H,23,24). The maximum absolute atomic E-state index is 12.7. The number of urea groups is 1. The zero-order chi connectivity index (χ0) is 18.8. The average Bonchev–Trinajstić information content (AvgIpc) is 2.60. The van der Waals surface area contributed by atoms with Crippen LogP contribution in [0.5, 0.6) is 5.75 Å². The number of ether oxygens (including phenoxy) is 1. The first-order chi connectivity index (χ1) is 12.4. The summed E-state index contributed by atoms with van der Waals surface area (Å²) >= 11 is 0. The third kappa shape index (κ3) is 3.74. The molecule has 1 aromatic rings. The van der Waals surface area contributed by atoms with Gasteiger partial charge in [0.1, 0.15) is 5.75 Å². The Morgan fingerprint density at radius 1 is 1.31 bits per heavy atom. The second-order valence-corrected chi connectivity index (χ2v) is 6.97. The van der Waals surface area contributed by atoms with Crippen LogP contribution in [-0.4, -0.2) is 48.1 Å². The van der Waals surface area contributed by atoms with Crippen molar-refractivity contribution in [2.75, 3.05) is 30.8 Å². The smallest absolute Gasteiger partial charge is 0.321 e. The Morgan fingerprint density at radius 3 is 2.77 bits per heavy atom. The number of methoxy groups -OCH3 is 1. The molecule has 1 aromatic carbocycles. The highest BCUT2D eigenvalue weighted by molar-refractivity contribution is 5.97. The highest BCUT2D eigenvalue weighted by Gasteiger charge is 2.32. The number of nitrogens with zero attached hydrogens (tertiary/aromatic N) is 1.